The Balaban J connectivity index is 1.65. The van der Waals surface area contributed by atoms with Crippen molar-refractivity contribution >= 4 is 11.7 Å². The third kappa shape index (κ3) is 5.97. The van der Waals surface area contributed by atoms with Gasteiger partial charge in [0.25, 0.3) is 5.92 Å². The van der Waals surface area contributed by atoms with Crippen LogP contribution in [-0.4, -0.2) is 72.1 Å². The van der Waals surface area contributed by atoms with E-state index in [1.54, 1.807) is 4.90 Å². The normalized spacial score (nSPS) is 26.3. The predicted octanol–water partition coefficient (Wildman–Crippen LogP) is 3.78. The van der Waals surface area contributed by atoms with E-state index in [1.165, 1.54) is 17.0 Å². The van der Waals surface area contributed by atoms with Gasteiger partial charge in [-0.05, 0) is 36.1 Å². The molecule has 3 rings (SSSR count). The fourth-order valence-corrected chi connectivity index (χ4v) is 4.43. The summed E-state index contributed by atoms with van der Waals surface area (Å²) in [7, 11) is 0. The maximum Gasteiger partial charge on any atom is 0.573 e. The molecule has 1 aromatic rings. The molecule has 0 spiro atoms. The molecule has 1 aromatic carbocycles. The minimum atomic E-state index is -4.81. The van der Waals surface area contributed by atoms with E-state index in [0.717, 1.165) is 18.6 Å². The van der Waals surface area contributed by atoms with Crippen molar-refractivity contribution in [1.29, 1.82) is 0 Å². The minimum absolute atomic E-state index is 0.0414. The molecule has 0 bridgehead atoms. The molecule has 174 valence electrons. The van der Waals surface area contributed by atoms with Crippen LogP contribution in [0.4, 0.5) is 32.4 Å². The molecular weight excluding hydrogens is 425 g/mol. The van der Waals surface area contributed by atoms with Crippen molar-refractivity contribution < 1.29 is 36.6 Å². The first-order valence-corrected chi connectivity index (χ1v) is 10.2. The van der Waals surface area contributed by atoms with E-state index in [9.17, 15) is 31.9 Å². The van der Waals surface area contributed by atoms with Gasteiger partial charge in [-0.25, -0.2) is 13.6 Å². The summed E-state index contributed by atoms with van der Waals surface area (Å²) in [6, 6.07) is 3.70. The van der Waals surface area contributed by atoms with Gasteiger partial charge in [0.1, 0.15) is 5.75 Å². The summed E-state index contributed by atoms with van der Waals surface area (Å²) in [6.45, 7) is 2.32. The van der Waals surface area contributed by atoms with Gasteiger partial charge < -0.3 is 20.1 Å². The third-order valence-electron chi connectivity index (χ3n) is 5.96. The number of aliphatic hydroxyl groups is 1. The fourth-order valence-electron chi connectivity index (χ4n) is 4.43. The van der Waals surface area contributed by atoms with Crippen molar-refractivity contribution in [3.63, 3.8) is 0 Å². The molecule has 2 N–H and O–H groups in total. The van der Waals surface area contributed by atoms with E-state index >= 15 is 0 Å². The fraction of sp³-hybridized carbons (Fsp3) is 0.650. The summed E-state index contributed by atoms with van der Waals surface area (Å²) in [6.07, 6.45) is -4.28. The number of hydrogen-bond acceptors (Lipinski definition) is 4. The van der Waals surface area contributed by atoms with E-state index < -0.39 is 30.1 Å². The van der Waals surface area contributed by atoms with Gasteiger partial charge in [0, 0.05) is 31.7 Å². The number of carbonyl (C=O) groups is 1. The lowest BCUT2D eigenvalue weighted by Gasteiger charge is -2.30. The molecule has 0 saturated carbocycles. The molecule has 0 radical (unpaired) electrons. The van der Waals surface area contributed by atoms with Crippen molar-refractivity contribution in [3.8, 4) is 5.75 Å². The van der Waals surface area contributed by atoms with Crippen molar-refractivity contribution in [3.05, 3.63) is 24.3 Å². The average Bonchev–Trinajstić information content (AvgIpc) is 3.21. The van der Waals surface area contributed by atoms with Crippen LogP contribution in [0.25, 0.3) is 0 Å². The highest BCUT2D eigenvalue weighted by Crippen LogP contribution is 2.36. The number of rotatable bonds is 6. The van der Waals surface area contributed by atoms with Crippen LogP contribution >= 0.6 is 0 Å². The SMILES string of the molecule is CC[C@@H]1CN(C(=O)Nc2ccc(OC(F)(F)F)cc2)[C@H](CO)[C@@H]1CN1CCC(F)(F)C1. The maximum atomic E-state index is 13.6. The number of alkyl halides is 5. The number of hydrogen-bond donors (Lipinski definition) is 2. The number of likely N-dealkylation sites (tertiary alicyclic amines) is 2. The Morgan fingerprint density at radius 3 is 2.48 bits per heavy atom. The summed E-state index contributed by atoms with van der Waals surface area (Å²) < 4.78 is 67.7. The highest BCUT2D eigenvalue weighted by Gasteiger charge is 2.46. The second-order valence-corrected chi connectivity index (χ2v) is 8.08. The van der Waals surface area contributed by atoms with Crippen molar-refractivity contribution in [2.24, 2.45) is 11.8 Å². The number of urea groups is 1. The molecule has 2 amide bonds. The van der Waals surface area contributed by atoms with E-state index in [2.05, 4.69) is 10.1 Å². The van der Waals surface area contributed by atoms with Crippen LogP contribution in [0.15, 0.2) is 24.3 Å². The molecule has 11 heteroatoms. The number of halogens is 5. The number of anilines is 1. The zero-order valence-corrected chi connectivity index (χ0v) is 17.0. The Morgan fingerprint density at radius 2 is 1.97 bits per heavy atom. The first-order chi connectivity index (χ1) is 14.5. The molecular formula is C20H26F5N3O3. The number of aliphatic hydroxyl groups excluding tert-OH is 1. The van der Waals surface area contributed by atoms with Crippen LogP contribution in [-0.2, 0) is 0 Å². The Bertz CT molecular complexity index is 759. The summed E-state index contributed by atoms with van der Waals surface area (Å²) in [4.78, 5) is 16.0. The van der Waals surface area contributed by atoms with Crippen LogP contribution in [0, 0.1) is 11.8 Å². The molecule has 2 heterocycles. The highest BCUT2D eigenvalue weighted by molar-refractivity contribution is 5.89. The summed E-state index contributed by atoms with van der Waals surface area (Å²) in [5.41, 5.74) is 0.270. The topological polar surface area (TPSA) is 65.0 Å². The number of ether oxygens (including phenoxy) is 1. The molecule has 0 unspecified atom stereocenters. The molecule has 2 aliphatic heterocycles. The van der Waals surface area contributed by atoms with Gasteiger partial charge in [-0.3, -0.25) is 4.90 Å². The van der Waals surface area contributed by atoms with Crippen LogP contribution in [0.2, 0.25) is 0 Å². The molecule has 2 fully saturated rings. The Morgan fingerprint density at radius 1 is 1.29 bits per heavy atom. The average molecular weight is 451 g/mol. The monoisotopic (exact) mass is 451 g/mol. The van der Waals surface area contributed by atoms with Crippen LogP contribution < -0.4 is 10.1 Å². The van der Waals surface area contributed by atoms with E-state index in [4.69, 9.17) is 0 Å². The second-order valence-electron chi connectivity index (χ2n) is 8.08. The van der Waals surface area contributed by atoms with Gasteiger partial charge in [0.05, 0.1) is 19.2 Å². The number of benzene rings is 1. The van der Waals surface area contributed by atoms with Gasteiger partial charge in [-0.1, -0.05) is 13.3 Å². The van der Waals surface area contributed by atoms with Gasteiger partial charge in [-0.15, -0.1) is 13.2 Å². The quantitative estimate of drug-likeness (QED) is 0.647. The zero-order valence-electron chi connectivity index (χ0n) is 17.0. The Labute approximate surface area is 176 Å². The van der Waals surface area contributed by atoms with Gasteiger partial charge in [0.15, 0.2) is 0 Å². The van der Waals surface area contributed by atoms with Crippen molar-refractivity contribution in [2.75, 3.05) is 38.1 Å². The summed E-state index contributed by atoms with van der Waals surface area (Å²) >= 11 is 0. The highest BCUT2D eigenvalue weighted by atomic mass is 19.4. The molecule has 0 aliphatic carbocycles. The number of nitrogens with one attached hydrogen (secondary N) is 1. The molecule has 3 atom stereocenters. The lowest BCUT2D eigenvalue weighted by atomic mass is 9.88. The Kier molecular flexibility index (Phi) is 6.95. The van der Waals surface area contributed by atoms with Gasteiger partial charge >= 0.3 is 12.4 Å². The molecule has 2 aliphatic rings. The van der Waals surface area contributed by atoms with Crippen LogP contribution in [0.1, 0.15) is 19.8 Å². The third-order valence-corrected chi connectivity index (χ3v) is 5.96. The van der Waals surface area contributed by atoms with Gasteiger partial charge in [-0.2, -0.15) is 0 Å². The lowest BCUT2D eigenvalue weighted by molar-refractivity contribution is -0.274. The maximum absolute atomic E-state index is 13.6. The molecule has 31 heavy (non-hydrogen) atoms. The number of amides is 2. The molecule has 6 nitrogen and oxygen atoms in total. The predicted molar refractivity (Wildman–Crippen MR) is 103 cm³/mol. The van der Waals surface area contributed by atoms with E-state index in [1.807, 2.05) is 6.92 Å². The molecule has 0 aromatic heterocycles. The van der Waals surface area contributed by atoms with Crippen LogP contribution in [0.3, 0.4) is 0 Å². The Hall–Kier alpha value is -2.14. The first kappa shape index (κ1) is 23.5. The largest absolute Gasteiger partial charge is 0.573 e. The number of carbonyl (C=O) groups excluding carboxylic acids is 1. The number of nitrogens with zero attached hydrogens (tertiary/aromatic N) is 2. The zero-order chi connectivity index (χ0) is 22.8. The van der Waals surface area contributed by atoms with Crippen molar-refractivity contribution in [1.82, 2.24) is 9.80 Å². The molecule has 2 saturated heterocycles. The summed E-state index contributed by atoms with van der Waals surface area (Å²) in [5, 5.41) is 12.6. The lowest BCUT2D eigenvalue weighted by Crippen LogP contribution is -2.45. The second kappa shape index (κ2) is 9.15. The van der Waals surface area contributed by atoms with Gasteiger partial charge in [0.2, 0.25) is 0 Å². The van der Waals surface area contributed by atoms with E-state index in [-0.39, 0.29) is 43.6 Å². The minimum Gasteiger partial charge on any atom is -0.406 e. The van der Waals surface area contributed by atoms with Crippen LogP contribution in [0.5, 0.6) is 5.75 Å². The standard InChI is InChI=1S/C20H26F5N3O3/c1-2-13-9-28(17(11-29)16(13)10-27-8-7-19(21,22)12-27)18(30)26-14-3-5-15(6-4-14)31-20(23,24)25/h3-6,13,16-17,29H,2,7-12H2,1H3,(H,26,30)/t13-,16-,17-/m1/s1. The first-order valence-electron chi connectivity index (χ1n) is 10.2. The summed E-state index contributed by atoms with van der Waals surface area (Å²) in [5.74, 6) is -3.24. The smallest absolute Gasteiger partial charge is 0.406 e. The van der Waals surface area contributed by atoms with Crippen molar-refractivity contribution in [2.45, 2.75) is 38.1 Å². The van der Waals surface area contributed by atoms with E-state index in [0.29, 0.717) is 13.1 Å².